The summed E-state index contributed by atoms with van der Waals surface area (Å²) in [5, 5.41) is 0. The fourth-order valence-corrected chi connectivity index (χ4v) is 2.13. The summed E-state index contributed by atoms with van der Waals surface area (Å²) in [6.45, 7) is 3.63. The van der Waals surface area contributed by atoms with E-state index in [0.29, 0.717) is 6.54 Å². The number of ether oxygens (including phenoxy) is 2. The maximum Gasteiger partial charge on any atom is 0.161 e. The van der Waals surface area contributed by atoms with E-state index in [1.165, 1.54) is 24.0 Å². The molecule has 18 heavy (non-hydrogen) atoms. The molecule has 1 aliphatic rings. The molecule has 2 N–H and O–H groups in total. The van der Waals surface area contributed by atoms with Gasteiger partial charge in [-0.1, -0.05) is 6.92 Å². The zero-order valence-electron chi connectivity index (χ0n) is 11.4. The molecule has 0 unspecified atom stereocenters. The lowest BCUT2D eigenvalue weighted by Crippen LogP contribution is -2.07. The van der Waals surface area contributed by atoms with Crippen LogP contribution >= 0.6 is 0 Å². The highest BCUT2D eigenvalue weighted by molar-refractivity contribution is 5.47. The molecule has 0 aromatic heterocycles. The van der Waals surface area contributed by atoms with E-state index in [2.05, 4.69) is 19.1 Å². The van der Waals surface area contributed by atoms with E-state index in [4.69, 9.17) is 15.2 Å². The van der Waals surface area contributed by atoms with Crippen LogP contribution in [-0.2, 0) is 12.8 Å². The molecule has 2 rings (SSSR count). The van der Waals surface area contributed by atoms with E-state index in [0.717, 1.165) is 36.9 Å². The Morgan fingerprint density at radius 1 is 1.22 bits per heavy atom. The first-order chi connectivity index (χ1) is 8.78. The van der Waals surface area contributed by atoms with Gasteiger partial charge in [-0.25, -0.2) is 0 Å². The molecule has 0 amide bonds. The first-order valence-corrected chi connectivity index (χ1v) is 6.81. The molecule has 0 spiro atoms. The van der Waals surface area contributed by atoms with Crippen molar-refractivity contribution in [1.82, 2.24) is 0 Å². The number of methoxy groups -OCH3 is 1. The third-order valence-electron chi connectivity index (χ3n) is 3.45. The number of rotatable bonds is 7. The van der Waals surface area contributed by atoms with Gasteiger partial charge in [0.2, 0.25) is 0 Å². The Morgan fingerprint density at radius 2 is 1.94 bits per heavy atom. The number of aryl methyl sites for hydroxylation is 1. The van der Waals surface area contributed by atoms with Gasteiger partial charge in [0.05, 0.1) is 13.7 Å². The second kappa shape index (κ2) is 6.10. The van der Waals surface area contributed by atoms with Crippen molar-refractivity contribution in [1.29, 1.82) is 0 Å². The van der Waals surface area contributed by atoms with E-state index in [1.807, 2.05) is 0 Å². The summed E-state index contributed by atoms with van der Waals surface area (Å²) >= 11 is 0. The third kappa shape index (κ3) is 3.16. The van der Waals surface area contributed by atoms with Crippen molar-refractivity contribution >= 4 is 0 Å². The summed E-state index contributed by atoms with van der Waals surface area (Å²) in [5.74, 6) is 2.46. The van der Waals surface area contributed by atoms with Crippen molar-refractivity contribution in [2.75, 3.05) is 20.3 Å². The molecule has 1 fully saturated rings. The number of hydrogen-bond acceptors (Lipinski definition) is 3. The molecule has 100 valence electrons. The van der Waals surface area contributed by atoms with Gasteiger partial charge in [-0.3, -0.25) is 0 Å². The van der Waals surface area contributed by atoms with Gasteiger partial charge in [0.1, 0.15) is 0 Å². The van der Waals surface area contributed by atoms with E-state index in [-0.39, 0.29) is 0 Å². The zero-order chi connectivity index (χ0) is 13.0. The monoisotopic (exact) mass is 249 g/mol. The first kappa shape index (κ1) is 13.2. The lowest BCUT2D eigenvalue weighted by molar-refractivity contribution is 0.280. The quantitative estimate of drug-likeness (QED) is 0.807. The Bertz CT molecular complexity index is 400. The van der Waals surface area contributed by atoms with Crippen molar-refractivity contribution in [2.45, 2.75) is 32.6 Å². The molecule has 0 aliphatic heterocycles. The van der Waals surface area contributed by atoms with Crippen LogP contribution in [0.2, 0.25) is 0 Å². The molecular weight excluding hydrogens is 226 g/mol. The standard InChI is InChI=1S/C15H23NO2/c1-3-12-8-14(17-2)15(9-13(12)6-7-16)18-10-11-4-5-11/h8-9,11H,3-7,10,16H2,1-2H3. The first-order valence-electron chi connectivity index (χ1n) is 6.81. The summed E-state index contributed by atoms with van der Waals surface area (Å²) in [5.41, 5.74) is 8.25. The van der Waals surface area contributed by atoms with Gasteiger partial charge in [-0.15, -0.1) is 0 Å². The van der Waals surface area contributed by atoms with E-state index < -0.39 is 0 Å². The molecular formula is C15H23NO2. The largest absolute Gasteiger partial charge is 0.493 e. The molecule has 1 aliphatic carbocycles. The smallest absolute Gasteiger partial charge is 0.161 e. The lowest BCUT2D eigenvalue weighted by Gasteiger charge is -2.15. The van der Waals surface area contributed by atoms with E-state index in [1.54, 1.807) is 7.11 Å². The van der Waals surface area contributed by atoms with Crippen LogP contribution in [0.4, 0.5) is 0 Å². The molecule has 1 aromatic carbocycles. The third-order valence-corrected chi connectivity index (χ3v) is 3.45. The summed E-state index contributed by atoms with van der Waals surface area (Å²) in [7, 11) is 1.70. The van der Waals surface area contributed by atoms with Gasteiger partial charge >= 0.3 is 0 Å². The van der Waals surface area contributed by atoms with Crippen molar-refractivity contribution in [3.8, 4) is 11.5 Å². The molecule has 3 heteroatoms. The van der Waals surface area contributed by atoms with Crippen LogP contribution in [0.25, 0.3) is 0 Å². The predicted octanol–water partition coefficient (Wildman–Crippen LogP) is 2.55. The van der Waals surface area contributed by atoms with Gasteiger partial charge < -0.3 is 15.2 Å². The lowest BCUT2D eigenvalue weighted by atomic mass is 10.0. The molecule has 1 saturated carbocycles. The molecule has 3 nitrogen and oxygen atoms in total. The topological polar surface area (TPSA) is 44.5 Å². The molecule has 1 aromatic rings. The van der Waals surface area contributed by atoms with Crippen LogP contribution in [0.5, 0.6) is 11.5 Å². The molecule has 0 saturated heterocycles. The Labute approximate surface area is 109 Å². The normalized spacial score (nSPS) is 14.6. The molecule has 0 radical (unpaired) electrons. The van der Waals surface area contributed by atoms with Crippen molar-refractivity contribution in [2.24, 2.45) is 11.7 Å². The highest BCUT2D eigenvalue weighted by Crippen LogP contribution is 2.34. The second-order valence-corrected chi connectivity index (χ2v) is 4.92. The van der Waals surface area contributed by atoms with E-state index >= 15 is 0 Å². The Kier molecular flexibility index (Phi) is 4.48. The minimum Gasteiger partial charge on any atom is -0.493 e. The predicted molar refractivity (Wildman–Crippen MR) is 73.3 cm³/mol. The Morgan fingerprint density at radius 3 is 2.50 bits per heavy atom. The minimum absolute atomic E-state index is 0.668. The summed E-state index contributed by atoms with van der Waals surface area (Å²) < 4.78 is 11.3. The van der Waals surface area contributed by atoms with Crippen LogP contribution in [0.3, 0.4) is 0 Å². The van der Waals surface area contributed by atoms with Crippen LogP contribution < -0.4 is 15.2 Å². The van der Waals surface area contributed by atoms with Gasteiger partial charge in [0, 0.05) is 0 Å². The highest BCUT2D eigenvalue weighted by Gasteiger charge is 2.22. The summed E-state index contributed by atoms with van der Waals surface area (Å²) in [6.07, 6.45) is 4.48. The minimum atomic E-state index is 0.668. The Hall–Kier alpha value is -1.22. The average Bonchev–Trinajstić information content (AvgIpc) is 3.20. The average molecular weight is 249 g/mol. The summed E-state index contributed by atoms with van der Waals surface area (Å²) in [6, 6.07) is 4.19. The van der Waals surface area contributed by atoms with Crippen molar-refractivity contribution in [3.63, 3.8) is 0 Å². The number of benzene rings is 1. The van der Waals surface area contributed by atoms with Crippen LogP contribution in [-0.4, -0.2) is 20.3 Å². The maximum absolute atomic E-state index is 5.87. The van der Waals surface area contributed by atoms with Crippen LogP contribution in [0, 0.1) is 5.92 Å². The second-order valence-electron chi connectivity index (χ2n) is 4.92. The van der Waals surface area contributed by atoms with Crippen molar-refractivity contribution < 1.29 is 9.47 Å². The van der Waals surface area contributed by atoms with Gasteiger partial charge in [0.15, 0.2) is 11.5 Å². The summed E-state index contributed by atoms with van der Waals surface area (Å²) in [4.78, 5) is 0. The van der Waals surface area contributed by atoms with Gasteiger partial charge in [-0.05, 0) is 61.4 Å². The van der Waals surface area contributed by atoms with E-state index in [9.17, 15) is 0 Å². The van der Waals surface area contributed by atoms with Gasteiger partial charge in [-0.2, -0.15) is 0 Å². The van der Waals surface area contributed by atoms with Crippen LogP contribution in [0.1, 0.15) is 30.9 Å². The molecule has 0 atom stereocenters. The molecule has 0 bridgehead atoms. The Balaban J connectivity index is 2.20. The fraction of sp³-hybridized carbons (Fsp3) is 0.600. The number of hydrogen-bond donors (Lipinski definition) is 1. The number of nitrogens with two attached hydrogens (primary N) is 1. The maximum atomic E-state index is 5.87. The molecule has 0 heterocycles. The van der Waals surface area contributed by atoms with Crippen molar-refractivity contribution in [3.05, 3.63) is 23.3 Å². The SMILES string of the molecule is CCc1cc(OC)c(OCC2CC2)cc1CCN. The fourth-order valence-electron chi connectivity index (χ4n) is 2.13. The highest BCUT2D eigenvalue weighted by atomic mass is 16.5. The zero-order valence-corrected chi connectivity index (χ0v) is 11.4. The van der Waals surface area contributed by atoms with Crippen LogP contribution in [0.15, 0.2) is 12.1 Å². The van der Waals surface area contributed by atoms with Gasteiger partial charge in [0.25, 0.3) is 0 Å².